The predicted octanol–water partition coefficient (Wildman–Crippen LogP) is 3.89. The number of rotatable bonds is 5. The lowest BCUT2D eigenvalue weighted by molar-refractivity contribution is -0.137. The summed E-state index contributed by atoms with van der Waals surface area (Å²) in [6, 6.07) is 10.2. The van der Waals surface area contributed by atoms with E-state index in [-0.39, 0.29) is 23.9 Å². The van der Waals surface area contributed by atoms with E-state index in [9.17, 15) is 27.6 Å². The van der Waals surface area contributed by atoms with Crippen LogP contribution in [0.5, 0.6) is 0 Å². The van der Waals surface area contributed by atoms with Gasteiger partial charge in [0.1, 0.15) is 6.54 Å². The maximum Gasteiger partial charge on any atom is 0.417 e. The first-order valence-corrected chi connectivity index (χ1v) is 10.4. The zero-order valence-corrected chi connectivity index (χ0v) is 17.8. The van der Waals surface area contributed by atoms with Crippen molar-refractivity contribution in [1.82, 2.24) is 4.90 Å². The van der Waals surface area contributed by atoms with Crippen molar-refractivity contribution in [1.29, 1.82) is 0 Å². The molecule has 3 rings (SSSR count). The Morgan fingerprint density at radius 2 is 1.94 bits per heavy atom. The summed E-state index contributed by atoms with van der Waals surface area (Å²) >= 11 is 6.95. The van der Waals surface area contributed by atoms with Gasteiger partial charge in [-0.15, -0.1) is 11.8 Å². The summed E-state index contributed by atoms with van der Waals surface area (Å²) in [7, 11) is 1.37. The number of halogens is 4. The lowest BCUT2D eigenvalue weighted by atomic mass is 10.2. The van der Waals surface area contributed by atoms with Crippen molar-refractivity contribution < 1.29 is 27.6 Å². The average Bonchev–Trinajstić information content (AvgIpc) is 2.70. The highest BCUT2D eigenvalue weighted by atomic mass is 35.5. The number of thioether (sulfide) groups is 1. The van der Waals surface area contributed by atoms with Crippen molar-refractivity contribution in [3.05, 3.63) is 53.1 Å². The Morgan fingerprint density at radius 3 is 2.65 bits per heavy atom. The monoisotopic (exact) mass is 471 g/mol. The van der Waals surface area contributed by atoms with Crippen molar-refractivity contribution in [3.8, 4) is 0 Å². The van der Waals surface area contributed by atoms with E-state index in [1.54, 1.807) is 12.1 Å². The molecular weight excluding hydrogens is 455 g/mol. The Bertz CT molecular complexity index is 1030. The smallest absolute Gasteiger partial charge is 0.335 e. The van der Waals surface area contributed by atoms with Gasteiger partial charge in [-0.25, -0.2) is 0 Å². The van der Waals surface area contributed by atoms with Gasteiger partial charge in [0.05, 0.1) is 28.6 Å². The van der Waals surface area contributed by atoms with Crippen LogP contribution in [0.1, 0.15) is 5.56 Å². The largest absolute Gasteiger partial charge is 0.417 e. The summed E-state index contributed by atoms with van der Waals surface area (Å²) in [5, 5.41) is 1.84. The molecule has 1 aliphatic heterocycles. The lowest BCUT2D eigenvalue weighted by Gasteiger charge is -2.29. The van der Waals surface area contributed by atoms with Gasteiger partial charge < -0.3 is 15.1 Å². The second-order valence-corrected chi connectivity index (χ2v) is 8.15. The first-order chi connectivity index (χ1) is 14.6. The van der Waals surface area contributed by atoms with E-state index in [0.29, 0.717) is 5.69 Å². The van der Waals surface area contributed by atoms with E-state index in [0.717, 1.165) is 21.9 Å². The van der Waals surface area contributed by atoms with Crippen LogP contribution < -0.4 is 10.2 Å². The zero-order valence-electron chi connectivity index (χ0n) is 16.2. The van der Waals surface area contributed by atoms with Crippen molar-refractivity contribution in [2.24, 2.45) is 0 Å². The van der Waals surface area contributed by atoms with Gasteiger partial charge >= 0.3 is 6.18 Å². The fourth-order valence-electron chi connectivity index (χ4n) is 2.91. The van der Waals surface area contributed by atoms with E-state index >= 15 is 0 Å². The summed E-state index contributed by atoms with van der Waals surface area (Å²) in [5.74, 6) is -1.20. The molecule has 164 valence electrons. The summed E-state index contributed by atoms with van der Waals surface area (Å²) in [6.45, 7) is -0.652. The number of para-hydroxylation sites is 1. The van der Waals surface area contributed by atoms with E-state index in [2.05, 4.69) is 5.32 Å². The molecule has 31 heavy (non-hydrogen) atoms. The second kappa shape index (κ2) is 9.19. The molecule has 3 amide bonds. The van der Waals surface area contributed by atoms with Crippen LogP contribution >= 0.6 is 23.4 Å². The Morgan fingerprint density at radius 1 is 1.23 bits per heavy atom. The molecule has 1 heterocycles. The molecule has 0 fully saturated rings. The molecule has 0 radical (unpaired) electrons. The molecule has 0 saturated carbocycles. The summed E-state index contributed by atoms with van der Waals surface area (Å²) in [5.41, 5.74) is -0.549. The van der Waals surface area contributed by atoms with Crippen LogP contribution in [0.3, 0.4) is 0 Å². The number of carbonyl (C=O) groups is 3. The third kappa shape index (κ3) is 5.50. The molecule has 2 aromatic rings. The maximum atomic E-state index is 13.0. The van der Waals surface area contributed by atoms with Gasteiger partial charge in [-0.05, 0) is 30.3 Å². The van der Waals surface area contributed by atoms with Gasteiger partial charge in [-0.3, -0.25) is 14.4 Å². The van der Waals surface area contributed by atoms with E-state index in [1.165, 1.54) is 29.8 Å². The lowest BCUT2D eigenvalue weighted by Crippen LogP contribution is -2.45. The molecule has 0 spiro atoms. The maximum absolute atomic E-state index is 13.0. The molecule has 11 heteroatoms. The zero-order chi connectivity index (χ0) is 22.8. The quantitative estimate of drug-likeness (QED) is 0.718. The van der Waals surface area contributed by atoms with E-state index < -0.39 is 35.1 Å². The Hall–Kier alpha value is -2.72. The molecule has 0 aliphatic carbocycles. The first-order valence-electron chi connectivity index (χ1n) is 8.99. The highest BCUT2D eigenvalue weighted by molar-refractivity contribution is 8.00. The number of amides is 3. The number of alkyl halides is 3. The average molecular weight is 472 g/mol. The fraction of sp³-hybridized carbons (Fsp3) is 0.250. The number of benzene rings is 2. The highest BCUT2D eigenvalue weighted by Gasteiger charge is 2.33. The van der Waals surface area contributed by atoms with Crippen molar-refractivity contribution in [2.45, 2.75) is 11.1 Å². The molecule has 2 aromatic carbocycles. The summed E-state index contributed by atoms with van der Waals surface area (Å²) in [6.07, 6.45) is -4.67. The van der Waals surface area contributed by atoms with Gasteiger partial charge in [-0.1, -0.05) is 23.7 Å². The molecule has 0 unspecified atom stereocenters. The minimum atomic E-state index is -4.67. The third-order valence-corrected chi connectivity index (χ3v) is 5.84. The van der Waals surface area contributed by atoms with Crippen LogP contribution in [0.15, 0.2) is 47.4 Å². The molecule has 1 N–H and O–H groups in total. The minimum absolute atomic E-state index is 0.0975. The van der Waals surface area contributed by atoms with E-state index in [4.69, 9.17) is 11.6 Å². The number of hydrogen-bond donors (Lipinski definition) is 1. The third-order valence-electron chi connectivity index (χ3n) is 4.46. The van der Waals surface area contributed by atoms with Crippen LogP contribution in [-0.2, 0) is 20.6 Å². The van der Waals surface area contributed by atoms with Gasteiger partial charge in [0.15, 0.2) is 0 Å². The minimum Gasteiger partial charge on any atom is -0.335 e. The number of fused-ring (bicyclic) bond motifs is 1. The molecule has 0 bridgehead atoms. The van der Waals surface area contributed by atoms with Gasteiger partial charge in [-0.2, -0.15) is 13.2 Å². The SMILES string of the molecule is CN(CC(=O)Nc1ccc(Cl)c(C(F)(F)F)c1)C(=O)CN1C(=O)CSc2ccccc21. The van der Waals surface area contributed by atoms with Gasteiger partial charge in [0.2, 0.25) is 17.7 Å². The van der Waals surface area contributed by atoms with Crippen LogP contribution in [0.2, 0.25) is 5.02 Å². The molecule has 6 nitrogen and oxygen atoms in total. The number of nitrogens with one attached hydrogen (secondary N) is 1. The molecule has 0 atom stereocenters. The summed E-state index contributed by atoms with van der Waals surface area (Å²) in [4.78, 5) is 40.4. The van der Waals surface area contributed by atoms with Crippen molar-refractivity contribution in [2.75, 3.05) is 36.1 Å². The Kier molecular flexibility index (Phi) is 6.80. The molecule has 0 aromatic heterocycles. The molecular formula is C20H17ClF3N3O3S. The highest BCUT2D eigenvalue weighted by Crippen LogP contribution is 2.36. The number of carbonyl (C=O) groups excluding carboxylic acids is 3. The molecule has 1 aliphatic rings. The van der Waals surface area contributed by atoms with Crippen LogP contribution in [-0.4, -0.2) is 48.5 Å². The van der Waals surface area contributed by atoms with Crippen LogP contribution in [0, 0.1) is 0 Å². The number of hydrogen-bond acceptors (Lipinski definition) is 4. The van der Waals surface area contributed by atoms with E-state index in [1.807, 2.05) is 12.1 Å². The Labute approximate surface area is 185 Å². The fourth-order valence-corrected chi connectivity index (χ4v) is 4.07. The predicted molar refractivity (Wildman–Crippen MR) is 112 cm³/mol. The standard InChI is InChI=1S/C20H17ClF3N3O3S/c1-26(9-17(28)25-12-6-7-14(21)13(8-12)20(22,23)24)18(29)10-27-15-4-2-3-5-16(15)31-11-19(27)30/h2-8H,9-11H2,1H3,(H,25,28). The molecule has 0 saturated heterocycles. The number of nitrogens with zero attached hydrogens (tertiary/aromatic N) is 2. The number of likely N-dealkylation sites (N-methyl/N-ethyl adjacent to an activating group) is 1. The normalized spacial score (nSPS) is 13.6. The van der Waals surface area contributed by atoms with Crippen molar-refractivity contribution >= 4 is 52.5 Å². The van der Waals surface area contributed by atoms with Crippen LogP contribution in [0.25, 0.3) is 0 Å². The number of anilines is 2. The van der Waals surface area contributed by atoms with Crippen LogP contribution in [0.4, 0.5) is 24.5 Å². The van der Waals surface area contributed by atoms with Crippen molar-refractivity contribution in [3.63, 3.8) is 0 Å². The summed E-state index contributed by atoms with van der Waals surface area (Å²) < 4.78 is 38.9. The first kappa shape index (κ1) is 23.0. The van der Waals surface area contributed by atoms with Gasteiger partial charge in [0, 0.05) is 17.6 Å². The topological polar surface area (TPSA) is 69.7 Å². The van der Waals surface area contributed by atoms with Gasteiger partial charge in [0.25, 0.3) is 0 Å². The second-order valence-electron chi connectivity index (χ2n) is 6.73. The Balaban J connectivity index is 1.63.